The summed E-state index contributed by atoms with van der Waals surface area (Å²) < 4.78 is 18.7. The fourth-order valence-electron chi connectivity index (χ4n) is 2.19. The normalized spacial score (nSPS) is 12.2. The number of methoxy groups -OCH3 is 1. The first-order valence-corrected chi connectivity index (χ1v) is 6.34. The number of hydrogen-bond acceptors (Lipinski definition) is 4. The molecule has 4 nitrogen and oxygen atoms in total. The summed E-state index contributed by atoms with van der Waals surface area (Å²) in [5.74, 6) is 6.05. The summed E-state index contributed by atoms with van der Waals surface area (Å²) in [7, 11) is 1.58. The zero-order valence-electron chi connectivity index (χ0n) is 11.6. The minimum Gasteiger partial charge on any atom is -0.495 e. The van der Waals surface area contributed by atoms with Crippen molar-refractivity contribution in [2.24, 2.45) is 5.84 Å². The SMILES string of the molecule is COc1cnccc1C(Cc1cc(F)ccc1C)NN. The molecule has 3 N–H and O–H groups in total. The summed E-state index contributed by atoms with van der Waals surface area (Å²) >= 11 is 0. The fraction of sp³-hybridized carbons (Fsp3) is 0.267. The van der Waals surface area contributed by atoms with E-state index in [0.29, 0.717) is 12.2 Å². The zero-order chi connectivity index (χ0) is 14.5. The van der Waals surface area contributed by atoms with Crippen molar-refractivity contribution < 1.29 is 9.13 Å². The Bertz CT molecular complexity index is 589. The number of benzene rings is 1. The van der Waals surface area contributed by atoms with Crippen LogP contribution in [0, 0.1) is 12.7 Å². The summed E-state index contributed by atoms with van der Waals surface area (Å²) in [5, 5.41) is 0. The van der Waals surface area contributed by atoms with Gasteiger partial charge in [0, 0.05) is 11.8 Å². The van der Waals surface area contributed by atoms with E-state index in [1.54, 1.807) is 25.6 Å². The van der Waals surface area contributed by atoms with Gasteiger partial charge in [-0.05, 0) is 42.7 Å². The van der Waals surface area contributed by atoms with E-state index in [0.717, 1.165) is 16.7 Å². The molecule has 2 rings (SSSR count). The standard InChI is InChI=1S/C15H18FN3O/c1-10-3-4-12(16)7-11(10)8-14(19-17)13-5-6-18-9-15(13)20-2/h3-7,9,14,19H,8,17H2,1-2H3. The molecule has 0 bridgehead atoms. The molecule has 1 atom stereocenters. The largest absolute Gasteiger partial charge is 0.495 e. The van der Waals surface area contributed by atoms with Gasteiger partial charge in [-0.1, -0.05) is 6.07 Å². The lowest BCUT2D eigenvalue weighted by Crippen LogP contribution is -2.30. The third-order valence-electron chi connectivity index (χ3n) is 3.35. The number of nitrogens with one attached hydrogen (secondary N) is 1. The topological polar surface area (TPSA) is 60.2 Å². The number of pyridine rings is 1. The van der Waals surface area contributed by atoms with Crippen molar-refractivity contribution in [3.63, 3.8) is 0 Å². The van der Waals surface area contributed by atoms with Crippen LogP contribution in [0.4, 0.5) is 4.39 Å². The molecule has 0 aliphatic rings. The number of nitrogens with two attached hydrogens (primary N) is 1. The van der Waals surface area contributed by atoms with Crippen LogP contribution in [0.3, 0.4) is 0 Å². The molecular weight excluding hydrogens is 257 g/mol. The van der Waals surface area contributed by atoms with Gasteiger partial charge in [0.1, 0.15) is 11.6 Å². The van der Waals surface area contributed by atoms with E-state index >= 15 is 0 Å². The van der Waals surface area contributed by atoms with Crippen LogP contribution in [0.1, 0.15) is 22.7 Å². The second-order valence-corrected chi connectivity index (χ2v) is 4.61. The second kappa shape index (κ2) is 6.45. The molecular formula is C15H18FN3O. The Hall–Kier alpha value is -1.98. The summed E-state index contributed by atoms with van der Waals surface area (Å²) in [6.45, 7) is 1.95. The average Bonchev–Trinajstić information content (AvgIpc) is 2.48. The van der Waals surface area contributed by atoms with Crippen molar-refractivity contribution in [2.75, 3.05) is 7.11 Å². The quantitative estimate of drug-likeness (QED) is 0.649. The minimum absolute atomic E-state index is 0.173. The van der Waals surface area contributed by atoms with Crippen molar-refractivity contribution in [1.29, 1.82) is 0 Å². The molecule has 1 unspecified atom stereocenters. The van der Waals surface area contributed by atoms with Crippen LogP contribution in [0.5, 0.6) is 5.75 Å². The monoisotopic (exact) mass is 275 g/mol. The lowest BCUT2D eigenvalue weighted by Gasteiger charge is -2.19. The number of halogens is 1. The van der Waals surface area contributed by atoms with E-state index in [9.17, 15) is 4.39 Å². The molecule has 5 heteroatoms. The van der Waals surface area contributed by atoms with Crippen molar-refractivity contribution in [1.82, 2.24) is 10.4 Å². The van der Waals surface area contributed by atoms with Gasteiger partial charge >= 0.3 is 0 Å². The maximum Gasteiger partial charge on any atom is 0.141 e. The Labute approximate surface area is 117 Å². The molecule has 0 fully saturated rings. The number of rotatable bonds is 5. The van der Waals surface area contributed by atoms with Gasteiger partial charge in [-0.3, -0.25) is 16.3 Å². The van der Waals surface area contributed by atoms with E-state index in [1.165, 1.54) is 12.1 Å². The van der Waals surface area contributed by atoms with Crippen molar-refractivity contribution in [2.45, 2.75) is 19.4 Å². The van der Waals surface area contributed by atoms with Crippen molar-refractivity contribution in [3.8, 4) is 5.75 Å². The van der Waals surface area contributed by atoms with E-state index in [4.69, 9.17) is 10.6 Å². The van der Waals surface area contributed by atoms with E-state index in [1.807, 2.05) is 13.0 Å². The van der Waals surface area contributed by atoms with Crippen LogP contribution < -0.4 is 16.0 Å². The Morgan fingerprint density at radius 1 is 1.40 bits per heavy atom. The Balaban J connectivity index is 2.31. The molecule has 1 aromatic heterocycles. The number of aryl methyl sites for hydroxylation is 1. The number of ether oxygens (including phenoxy) is 1. The highest BCUT2D eigenvalue weighted by molar-refractivity contribution is 5.35. The molecule has 0 spiro atoms. The molecule has 1 aromatic carbocycles. The average molecular weight is 275 g/mol. The molecule has 0 aliphatic carbocycles. The predicted octanol–water partition coefficient (Wildman–Crippen LogP) is 2.28. The molecule has 106 valence electrons. The lowest BCUT2D eigenvalue weighted by molar-refractivity contribution is 0.397. The van der Waals surface area contributed by atoms with E-state index < -0.39 is 0 Å². The summed E-state index contributed by atoms with van der Waals surface area (Å²) in [6, 6.07) is 6.43. The first kappa shape index (κ1) is 14.4. The Kier molecular flexibility index (Phi) is 4.65. The zero-order valence-corrected chi connectivity index (χ0v) is 11.6. The maximum absolute atomic E-state index is 13.4. The third-order valence-corrected chi connectivity index (χ3v) is 3.35. The summed E-state index contributed by atoms with van der Waals surface area (Å²) in [5.41, 5.74) is 5.59. The fourth-order valence-corrected chi connectivity index (χ4v) is 2.19. The van der Waals surface area contributed by atoms with Gasteiger partial charge in [-0.25, -0.2) is 4.39 Å². The first-order chi connectivity index (χ1) is 9.65. The number of hydrogen-bond donors (Lipinski definition) is 2. The van der Waals surface area contributed by atoms with Crippen molar-refractivity contribution in [3.05, 3.63) is 59.2 Å². The number of aromatic nitrogens is 1. The molecule has 0 radical (unpaired) electrons. The smallest absolute Gasteiger partial charge is 0.141 e. The van der Waals surface area contributed by atoms with Gasteiger partial charge in [0.2, 0.25) is 0 Å². The molecule has 20 heavy (non-hydrogen) atoms. The van der Waals surface area contributed by atoms with Crippen LogP contribution in [0.15, 0.2) is 36.7 Å². The first-order valence-electron chi connectivity index (χ1n) is 6.34. The van der Waals surface area contributed by atoms with E-state index in [-0.39, 0.29) is 11.9 Å². The van der Waals surface area contributed by atoms with Gasteiger partial charge in [-0.2, -0.15) is 0 Å². The highest BCUT2D eigenvalue weighted by Gasteiger charge is 2.16. The molecule has 2 aromatic rings. The highest BCUT2D eigenvalue weighted by Crippen LogP contribution is 2.27. The molecule has 0 amide bonds. The molecule has 1 heterocycles. The number of nitrogens with zero attached hydrogens (tertiary/aromatic N) is 1. The Morgan fingerprint density at radius 2 is 2.20 bits per heavy atom. The van der Waals surface area contributed by atoms with E-state index in [2.05, 4.69) is 10.4 Å². The van der Waals surface area contributed by atoms with Crippen LogP contribution in [0.2, 0.25) is 0 Å². The van der Waals surface area contributed by atoms with Gasteiger partial charge in [0.25, 0.3) is 0 Å². The molecule has 0 saturated carbocycles. The van der Waals surface area contributed by atoms with Gasteiger partial charge in [-0.15, -0.1) is 0 Å². The van der Waals surface area contributed by atoms with Crippen molar-refractivity contribution >= 4 is 0 Å². The van der Waals surface area contributed by atoms with Gasteiger partial charge < -0.3 is 4.74 Å². The van der Waals surface area contributed by atoms with Gasteiger partial charge in [0.15, 0.2) is 0 Å². The minimum atomic E-state index is -0.247. The maximum atomic E-state index is 13.4. The Morgan fingerprint density at radius 3 is 2.90 bits per heavy atom. The van der Waals surface area contributed by atoms with Gasteiger partial charge in [0.05, 0.1) is 19.3 Å². The predicted molar refractivity (Wildman–Crippen MR) is 75.7 cm³/mol. The van der Waals surface area contributed by atoms with Crippen LogP contribution in [-0.4, -0.2) is 12.1 Å². The molecule has 0 aliphatic heterocycles. The summed E-state index contributed by atoms with van der Waals surface area (Å²) in [6.07, 6.45) is 3.89. The second-order valence-electron chi connectivity index (χ2n) is 4.61. The lowest BCUT2D eigenvalue weighted by atomic mass is 9.96. The van der Waals surface area contributed by atoms with Crippen LogP contribution in [-0.2, 0) is 6.42 Å². The summed E-state index contributed by atoms with van der Waals surface area (Å²) in [4.78, 5) is 4.02. The molecule has 0 saturated heterocycles. The van der Waals surface area contributed by atoms with Crippen LogP contribution in [0.25, 0.3) is 0 Å². The highest BCUT2D eigenvalue weighted by atomic mass is 19.1. The number of hydrazine groups is 1. The van der Waals surface area contributed by atoms with Crippen LogP contribution >= 0.6 is 0 Å². The third kappa shape index (κ3) is 3.12.